The largest absolute Gasteiger partial charge is 0.395 e. The lowest BCUT2D eigenvalue weighted by Gasteiger charge is -2.44. The van der Waals surface area contributed by atoms with Gasteiger partial charge in [0.2, 0.25) is 0 Å². The molecular weight excluding hydrogens is 476 g/mol. The molecule has 3 nitrogen and oxygen atoms in total. The summed E-state index contributed by atoms with van der Waals surface area (Å²) in [6.07, 6.45) is 15.6. The average Bonchev–Trinajstić information content (AvgIpc) is 3.43. The number of aliphatic hydroxyl groups excluding tert-OH is 3. The third-order valence-corrected chi connectivity index (χ3v) is 11.9. The lowest BCUT2D eigenvalue weighted by atomic mass is 9.60. The fraction of sp³-hybridized carbons (Fsp3) is 0.758. The molecule has 4 rings (SSSR count). The van der Waals surface area contributed by atoms with Crippen molar-refractivity contribution in [2.24, 2.45) is 29.1 Å². The molecule has 3 N–H and O–H groups in total. The van der Waals surface area contributed by atoms with Crippen LogP contribution in [-0.2, 0) is 5.41 Å². The first-order valence-electron chi connectivity index (χ1n) is 15.0. The number of fused-ring (bicyclic) bond motifs is 1. The summed E-state index contributed by atoms with van der Waals surface area (Å²) in [5, 5.41) is 30.7. The van der Waals surface area contributed by atoms with E-state index in [1.165, 1.54) is 60.3 Å². The highest BCUT2D eigenvalue weighted by Gasteiger charge is 2.50. The molecule has 0 aliphatic heterocycles. The molecule has 0 amide bonds. The number of hydrogen-bond donors (Lipinski definition) is 3. The van der Waals surface area contributed by atoms with Gasteiger partial charge in [0.05, 0.1) is 18.8 Å². The van der Waals surface area contributed by atoms with E-state index in [0.717, 1.165) is 12.3 Å². The van der Waals surface area contributed by atoms with Gasteiger partial charge in [0.25, 0.3) is 0 Å². The summed E-state index contributed by atoms with van der Waals surface area (Å²) in [6, 6.07) is 4.46. The van der Waals surface area contributed by atoms with Crippen molar-refractivity contribution in [3.8, 4) is 0 Å². The van der Waals surface area contributed by atoms with Crippen LogP contribution in [0.4, 0.5) is 0 Å². The maximum absolute atomic E-state index is 10.6. The number of aliphatic hydroxyl groups is 3. The molecule has 1 heterocycles. The zero-order valence-electron chi connectivity index (χ0n) is 24.0. The average molecular weight is 529 g/mol. The third-order valence-electron chi connectivity index (χ3n) is 10.7. The Morgan fingerprint density at radius 2 is 1.84 bits per heavy atom. The van der Waals surface area contributed by atoms with Gasteiger partial charge in [-0.2, -0.15) is 0 Å². The Morgan fingerprint density at radius 3 is 2.46 bits per heavy atom. The molecule has 3 saturated carbocycles. The zero-order valence-corrected chi connectivity index (χ0v) is 24.8. The number of thiophene rings is 1. The van der Waals surface area contributed by atoms with Gasteiger partial charge in [-0.25, -0.2) is 0 Å². The molecule has 3 fully saturated rings. The minimum Gasteiger partial charge on any atom is -0.395 e. The Bertz CT molecular complexity index is 949. The molecule has 37 heavy (non-hydrogen) atoms. The Kier molecular flexibility index (Phi) is 9.47. The maximum atomic E-state index is 10.6. The fourth-order valence-corrected chi connectivity index (χ4v) is 9.65. The van der Waals surface area contributed by atoms with Crippen molar-refractivity contribution < 1.29 is 15.3 Å². The SMILES string of the molecule is Cc1ccc([C@@](CO)(CCCC(C)[C@H]2CCC3/C(=C\C=C4C[C@@H](O)C[C@@H](O)C4)CCC[C@@]32C)C(C)C)s1. The van der Waals surface area contributed by atoms with E-state index in [4.69, 9.17) is 0 Å². The molecule has 208 valence electrons. The van der Waals surface area contributed by atoms with Crippen LogP contribution in [0.15, 0.2) is 35.4 Å². The van der Waals surface area contributed by atoms with Gasteiger partial charge < -0.3 is 15.3 Å². The Balaban J connectivity index is 1.41. The van der Waals surface area contributed by atoms with Gasteiger partial charge >= 0.3 is 0 Å². The van der Waals surface area contributed by atoms with Gasteiger partial charge in [0.1, 0.15) is 0 Å². The highest BCUT2D eigenvalue weighted by Crippen LogP contribution is 2.60. The van der Waals surface area contributed by atoms with E-state index < -0.39 is 12.2 Å². The minimum atomic E-state index is -0.397. The summed E-state index contributed by atoms with van der Waals surface area (Å²) in [5.41, 5.74) is 3.07. The molecule has 3 aliphatic rings. The summed E-state index contributed by atoms with van der Waals surface area (Å²) in [7, 11) is 0. The summed E-state index contributed by atoms with van der Waals surface area (Å²) in [4.78, 5) is 2.69. The first-order valence-corrected chi connectivity index (χ1v) is 15.8. The van der Waals surface area contributed by atoms with Gasteiger partial charge in [-0.15, -0.1) is 11.3 Å². The normalized spacial score (nSPS) is 35.2. The molecule has 4 heteroatoms. The van der Waals surface area contributed by atoms with Crippen molar-refractivity contribution in [1.82, 2.24) is 0 Å². The van der Waals surface area contributed by atoms with Crippen LogP contribution in [-0.4, -0.2) is 34.1 Å². The molecule has 0 radical (unpaired) electrons. The number of allylic oxidation sites excluding steroid dienone is 3. The molecule has 2 unspecified atom stereocenters. The van der Waals surface area contributed by atoms with Crippen LogP contribution in [0.25, 0.3) is 0 Å². The van der Waals surface area contributed by atoms with Gasteiger partial charge in [-0.1, -0.05) is 63.8 Å². The quantitative estimate of drug-likeness (QED) is 0.307. The smallest absolute Gasteiger partial charge is 0.0602 e. The predicted molar refractivity (Wildman–Crippen MR) is 156 cm³/mol. The molecule has 0 bridgehead atoms. The standard InChI is InChI=1S/C33H52O3S/c1-22(2)33(21-34,31-15-10-24(4)37-31)17-6-8-23(3)29-13-14-30-26(9-7-16-32(29,30)5)12-11-25-18-27(35)20-28(36)19-25/h10-12,15,22-23,27-30,34-36H,6-9,13-14,16-21H2,1-5H3/b25-11?,26-12-/t23?,27-,28+,29-,30?,32-,33-/m1/s1. The summed E-state index contributed by atoms with van der Waals surface area (Å²) in [5.74, 6) is 2.56. The van der Waals surface area contributed by atoms with Crippen molar-refractivity contribution in [1.29, 1.82) is 0 Å². The highest BCUT2D eigenvalue weighted by atomic mass is 32.1. The van der Waals surface area contributed by atoms with E-state index in [2.05, 4.69) is 58.9 Å². The van der Waals surface area contributed by atoms with Crippen LogP contribution in [0.5, 0.6) is 0 Å². The van der Waals surface area contributed by atoms with Crippen LogP contribution in [0.2, 0.25) is 0 Å². The summed E-state index contributed by atoms with van der Waals surface area (Å²) >= 11 is 1.86. The second-order valence-corrected chi connectivity index (χ2v) is 14.7. The van der Waals surface area contributed by atoms with Gasteiger partial charge in [0, 0.05) is 15.2 Å². The van der Waals surface area contributed by atoms with E-state index in [9.17, 15) is 15.3 Å². The van der Waals surface area contributed by atoms with E-state index in [1.807, 2.05) is 11.3 Å². The topological polar surface area (TPSA) is 60.7 Å². The molecular formula is C33H52O3S. The van der Waals surface area contributed by atoms with Crippen molar-refractivity contribution in [2.75, 3.05) is 6.61 Å². The van der Waals surface area contributed by atoms with Crippen LogP contribution < -0.4 is 0 Å². The molecule has 1 aromatic rings. The van der Waals surface area contributed by atoms with Crippen molar-refractivity contribution in [3.63, 3.8) is 0 Å². The predicted octanol–water partition coefficient (Wildman–Crippen LogP) is 7.72. The summed E-state index contributed by atoms with van der Waals surface area (Å²) in [6.45, 7) is 12.0. The van der Waals surface area contributed by atoms with Gasteiger partial charge in [0.15, 0.2) is 0 Å². The van der Waals surface area contributed by atoms with Gasteiger partial charge in [-0.05, 0) is 106 Å². The molecule has 1 aromatic heterocycles. The number of aryl methyl sites for hydroxylation is 1. The van der Waals surface area contributed by atoms with Crippen molar-refractivity contribution in [2.45, 2.75) is 123 Å². The van der Waals surface area contributed by atoms with Gasteiger partial charge in [-0.3, -0.25) is 0 Å². The molecule has 0 spiro atoms. The first kappa shape index (κ1) is 29.1. The molecule has 0 aromatic carbocycles. The summed E-state index contributed by atoms with van der Waals surface area (Å²) < 4.78 is 0. The van der Waals surface area contributed by atoms with Crippen LogP contribution in [0.3, 0.4) is 0 Å². The van der Waals surface area contributed by atoms with E-state index in [1.54, 1.807) is 5.57 Å². The van der Waals surface area contributed by atoms with Crippen molar-refractivity contribution >= 4 is 11.3 Å². The third kappa shape index (κ3) is 6.13. The second-order valence-electron chi connectivity index (χ2n) is 13.4. The highest BCUT2D eigenvalue weighted by molar-refractivity contribution is 7.12. The molecule has 0 saturated heterocycles. The van der Waals surface area contributed by atoms with E-state index in [0.29, 0.717) is 42.4 Å². The van der Waals surface area contributed by atoms with Crippen LogP contribution in [0.1, 0.15) is 108 Å². The van der Waals surface area contributed by atoms with E-state index in [-0.39, 0.29) is 12.0 Å². The Hall–Kier alpha value is -0.940. The monoisotopic (exact) mass is 528 g/mol. The zero-order chi connectivity index (χ0) is 26.8. The molecule has 7 atom stereocenters. The Labute approximate surface area is 230 Å². The lowest BCUT2D eigenvalue weighted by Crippen LogP contribution is -2.37. The Morgan fingerprint density at radius 1 is 1.11 bits per heavy atom. The maximum Gasteiger partial charge on any atom is 0.0602 e. The van der Waals surface area contributed by atoms with Crippen LogP contribution in [0, 0.1) is 36.0 Å². The van der Waals surface area contributed by atoms with Crippen molar-refractivity contribution in [3.05, 3.63) is 45.2 Å². The number of rotatable bonds is 9. The number of hydrogen-bond acceptors (Lipinski definition) is 4. The van der Waals surface area contributed by atoms with Crippen LogP contribution >= 0.6 is 11.3 Å². The fourth-order valence-electron chi connectivity index (χ4n) is 8.42. The molecule has 3 aliphatic carbocycles. The second kappa shape index (κ2) is 12.1. The van der Waals surface area contributed by atoms with E-state index >= 15 is 0 Å². The minimum absolute atomic E-state index is 0.116. The lowest BCUT2D eigenvalue weighted by molar-refractivity contribution is 0.0609. The first-order chi connectivity index (χ1) is 17.6.